The fourth-order valence-electron chi connectivity index (χ4n) is 2.19. The van der Waals surface area contributed by atoms with Gasteiger partial charge in [0.25, 0.3) is 5.91 Å². The quantitative estimate of drug-likeness (QED) is 0.659. The van der Waals surface area contributed by atoms with Crippen molar-refractivity contribution in [2.45, 2.75) is 40.0 Å². The van der Waals surface area contributed by atoms with E-state index in [0.717, 1.165) is 0 Å². The summed E-state index contributed by atoms with van der Waals surface area (Å²) in [6.45, 7) is 8.14. The molecular formula is C11H17NO3. The molecule has 0 bridgehead atoms. The molecule has 1 N–H and O–H groups in total. The molecule has 2 rings (SSSR count). The SMILES string of the molecule is CC1=C(O)[C@H]2CO[C@H](C(C)(C)C)N2C1=O. The van der Waals surface area contributed by atoms with Crippen LogP contribution in [0.2, 0.25) is 0 Å². The molecule has 2 heterocycles. The number of hydrogen-bond acceptors (Lipinski definition) is 3. The van der Waals surface area contributed by atoms with Gasteiger partial charge in [0, 0.05) is 5.41 Å². The van der Waals surface area contributed by atoms with Gasteiger partial charge in [0.2, 0.25) is 0 Å². The van der Waals surface area contributed by atoms with Crippen molar-refractivity contribution in [1.29, 1.82) is 0 Å². The van der Waals surface area contributed by atoms with E-state index < -0.39 is 0 Å². The lowest BCUT2D eigenvalue weighted by molar-refractivity contribution is -0.137. The summed E-state index contributed by atoms with van der Waals surface area (Å²) in [5, 5.41) is 9.76. The maximum Gasteiger partial charge on any atom is 0.255 e. The lowest BCUT2D eigenvalue weighted by Gasteiger charge is -2.33. The van der Waals surface area contributed by atoms with Crippen LogP contribution in [0, 0.1) is 5.41 Å². The van der Waals surface area contributed by atoms with Gasteiger partial charge in [-0.25, -0.2) is 0 Å². The molecule has 2 atom stereocenters. The van der Waals surface area contributed by atoms with Crippen molar-refractivity contribution in [1.82, 2.24) is 4.90 Å². The average Bonchev–Trinajstić information content (AvgIpc) is 2.63. The lowest BCUT2D eigenvalue weighted by Crippen LogP contribution is -2.44. The first-order valence-corrected chi connectivity index (χ1v) is 5.18. The van der Waals surface area contributed by atoms with E-state index >= 15 is 0 Å². The van der Waals surface area contributed by atoms with E-state index in [9.17, 15) is 9.90 Å². The second-order valence-electron chi connectivity index (χ2n) is 5.29. The van der Waals surface area contributed by atoms with Crippen LogP contribution in [0.25, 0.3) is 0 Å². The van der Waals surface area contributed by atoms with Crippen LogP contribution >= 0.6 is 0 Å². The predicted octanol–water partition coefficient (Wildman–Crippen LogP) is 1.43. The second kappa shape index (κ2) is 2.98. The summed E-state index contributed by atoms with van der Waals surface area (Å²) in [6, 6.07) is -0.262. The number of nitrogens with zero attached hydrogens (tertiary/aromatic N) is 1. The first kappa shape index (κ1) is 10.5. The average molecular weight is 211 g/mol. The molecule has 0 aromatic rings. The Labute approximate surface area is 89.5 Å². The Balaban J connectivity index is 2.32. The molecule has 2 aliphatic heterocycles. The molecule has 0 aromatic carbocycles. The zero-order valence-electron chi connectivity index (χ0n) is 9.57. The minimum absolute atomic E-state index is 0.102. The van der Waals surface area contributed by atoms with Gasteiger partial charge in [-0.3, -0.25) is 9.69 Å². The largest absolute Gasteiger partial charge is 0.510 e. The Morgan fingerprint density at radius 2 is 2.07 bits per heavy atom. The molecule has 0 radical (unpaired) electrons. The molecule has 84 valence electrons. The minimum Gasteiger partial charge on any atom is -0.510 e. The number of carbonyl (C=O) groups is 1. The molecule has 0 spiro atoms. The highest BCUT2D eigenvalue weighted by atomic mass is 16.5. The second-order valence-corrected chi connectivity index (χ2v) is 5.29. The molecule has 0 saturated carbocycles. The predicted molar refractivity (Wildman–Crippen MR) is 55.2 cm³/mol. The number of aliphatic hydroxyl groups is 1. The molecule has 0 aromatic heterocycles. The highest BCUT2D eigenvalue weighted by Crippen LogP contribution is 2.38. The lowest BCUT2D eigenvalue weighted by atomic mass is 9.93. The molecule has 4 nitrogen and oxygen atoms in total. The number of hydrogen-bond donors (Lipinski definition) is 1. The van der Waals surface area contributed by atoms with Gasteiger partial charge < -0.3 is 9.84 Å². The van der Waals surface area contributed by atoms with Crippen molar-refractivity contribution in [2.75, 3.05) is 6.61 Å². The maximum atomic E-state index is 11.9. The zero-order chi connectivity index (χ0) is 11.4. The fraction of sp³-hybridized carbons (Fsp3) is 0.727. The molecule has 0 unspecified atom stereocenters. The van der Waals surface area contributed by atoms with Gasteiger partial charge in [-0.2, -0.15) is 0 Å². The highest BCUT2D eigenvalue weighted by molar-refractivity contribution is 5.97. The molecule has 1 fully saturated rings. The van der Waals surface area contributed by atoms with Gasteiger partial charge in [0.1, 0.15) is 18.0 Å². The van der Waals surface area contributed by atoms with Gasteiger partial charge in [0.05, 0.1) is 12.2 Å². The Morgan fingerprint density at radius 3 is 2.60 bits per heavy atom. The van der Waals surface area contributed by atoms with Gasteiger partial charge >= 0.3 is 0 Å². The fourth-order valence-corrected chi connectivity index (χ4v) is 2.19. The Morgan fingerprint density at radius 1 is 1.47 bits per heavy atom. The van der Waals surface area contributed by atoms with Gasteiger partial charge in [0.15, 0.2) is 0 Å². The van der Waals surface area contributed by atoms with Crippen LogP contribution in [-0.4, -0.2) is 34.8 Å². The van der Waals surface area contributed by atoms with Gasteiger partial charge in [-0.15, -0.1) is 0 Å². The number of aliphatic hydroxyl groups excluding tert-OH is 1. The maximum absolute atomic E-state index is 11.9. The third-order valence-electron chi connectivity index (χ3n) is 3.00. The molecule has 4 heteroatoms. The monoisotopic (exact) mass is 211 g/mol. The van der Waals surface area contributed by atoms with E-state index in [-0.39, 0.29) is 29.4 Å². The molecule has 15 heavy (non-hydrogen) atoms. The van der Waals surface area contributed by atoms with E-state index in [2.05, 4.69) is 0 Å². The zero-order valence-corrected chi connectivity index (χ0v) is 9.57. The van der Waals surface area contributed by atoms with Crippen LogP contribution in [0.15, 0.2) is 11.3 Å². The topological polar surface area (TPSA) is 49.8 Å². The number of rotatable bonds is 0. The van der Waals surface area contributed by atoms with E-state index in [1.165, 1.54) is 0 Å². The summed E-state index contributed by atoms with van der Waals surface area (Å²) in [6.07, 6.45) is -0.241. The van der Waals surface area contributed by atoms with Crippen LogP contribution in [-0.2, 0) is 9.53 Å². The number of amides is 1. The smallest absolute Gasteiger partial charge is 0.255 e. The van der Waals surface area contributed by atoms with Crippen molar-refractivity contribution in [2.24, 2.45) is 5.41 Å². The summed E-state index contributed by atoms with van der Waals surface area (Å²) in [7, 11) is 0. The third kappa shape index (κ3) is 1.35. The third-order valence-corrected chi connectivity index (χ3v) is 3.00. The summed E-state index contributed by atoms with van der Waals surface area (Å²) in [5.74, 6) is 0.0710. The Hall–Kier alpha value is -1.03. The molecule has 2 aliphatic rings. The van der Waals surface area contributed by atoms with Crippen molar-refractivity contribution in [3.05, 3.63) is 11.3 Å². The molecule has 1 amide bonds. The standard InChI is InChI=1S/C11H17NO3/c1-6-8(13)7-5-15-10(11(2,3)4)12(7)9(6)14/h7,10,13H,5H2,1-4H3/t7-,10-/m1/s1. The van der Waals surface area contributed by atoms with Gasteiger partial charge in [-0.05, 0) is 6.92 Å². The van der Waals surface area contributed by atoms with Crippen LogP contribution < -0.4 is 0 Å². The Bertz CT molecular complexity index is 340. The van der Waals surface area contributed by atoms with Crippen LogP contribution in [0.4, 0.5) is 0 Å². The summed E-state index contributed by atoms with van der Waals surface area (Å²) in [5.41, 5.74) is 0.326. The van der Waals surface area contributed by atoms with Crippen LogP contribution in [0.1, 0.15) is 27.7 Å². The number of fused-ring (bicyclic) bond motifs is 1. The van der Waals surface area contributed by atoms with Crippen LogP contribution in [0.5, 0.6) is 0 Å². The van der Waals surface area contributed by atoms with Crippen molar-refractivity contribution in [3.63, 3.8) is 0 Å². The van der Waals surface area contributed by atoms with Crippen LogP contribution in [0.3, 0.4) is 0 Å². The van der Waals surface area contributed by atoms with E-state index in [4.69, 9.17) is 4.74 Å². The summed E-state index contributed by atoms with van der Waals surface area (Å²) in [4.78, 5) is 13.5. The first-order chi connectivity index (χ1) is 6.84. The van der Waals surface area contributed by atoms with E-state index in [1.54, 1.807) is 11.8 Å². The summed E-state index contributed by atoms with van der Waals surface area (Å²) < 4.78 is 5.58. The first-order valence-electron chi connectivity index (χ1n) is 5.18. The number of carbonyl (C=O) groups excluding carboxylic acids is 1. The molecule has 0 aliphatic carbocycles. The van der Waals surface area contributed by atoms with Crippen molar-refractivity contribution in [3.8, 4) is 0 Å². The van der Waals surface area contributed by atoms with Gasteiger partial charge in [-0.1, -0.05) is 20.8 Å². The van der Waals surface area contributed by atoms with E-state index in [0.29, 0.717) is 12.2 Å². The highest BCUT2D eigenvalue weighted by Gasteiger charge is 2.50. The Kier molecular flexibility index (Phi) is 2.08. The van der Waals surface area contributed by atoms with Crippen molar-refractivity contribution >= 4 is 5.91 Å². The van der Waals surface area contributed by atoms with Crippen molar-refractivity contribution < 1.29 is 14.6 Å². The number of ether oxygens (including phenoxy) is 1. The minimum atomic E-state index is -0.262. The normalized spacial score (nSPS) is 31.5. The summed E-state index contributed by atoms with van der Waals surface area (Å²) >= 11 is 0. The van der Waals surface area contributed by atoms with E-state index in [1.807, 2.05) is 20.8 Å². The molecule has 1 saturated heterocycles. The molecular weight excluding hydrogens is 194 g/mol.